The summed E-state index contributed by atoms with van der Waals surface area (Å²) in [6, 6.07) is 4.97. The Morgan fingerprint density at radius 2 is 2.22 bits per heavy atom. The first-order valence-corrected chi connectivity index (χ1v) is 10.2. The smallest absolute Gasteiger partial charge is 0.341 e. The summed E-state index contributed by atoms with van der Waals surface area (Å²) in [6.45, 7) is 6.10. The van der Waals surface area contributed by atoms with Crippen LogP contribution in [0, 0.1) is 12.7 Å². The number of nitrogens with one attached hydrogen (secondary N) is 1. The predicted octanol–water partition coefficient (Wildman–Crippen LogP) is 5.08. The van der Waals surface area contributed by atoms with E-state index in [0.29, 0.717) is 15.7 Å². The van der Waals surface area contributed by atoms with E-state index in [1.165, 1.54) is 24.5 Å². The van der Waals surface area contributed by atoms with Gasteiger partial charge in [-0.25, -0.2) is 9.18 Å². The van der Waals surface area contributed by atoms with E-state index in [2.05, 4.69) is 12.2 Å². The fraction of sp³-hybridized carbons (Fsp3) is 0.400. The molecular formula is C20H23FN2O2S2. The molecule has 0 radical (unpaired) electrons. The second kappa shape index (κ2) is 7.94. The number of nitrogens with zero attached hydrogens (tertiary/aromatic N) is 1. The molecule has 1 aromatic carbocycles. The quantitative estimate of drug-likeness (QED) is 0.568. The second-order valence-corrected chi connectivity index (χ2v) is 8.26. The van der Waals surface area contributed by atoms with E-state index < -0.39 is 0 Å². The summed E-state index contributed by atoms with van der Waals surface area (Å²) in [5.41, 5.74) is 3.39. The number of methoxy groups -OCH3 is 1. The minimum atomic E-state index is -0.365. The van der Waals surface area contributed by atoms with E-state index in [9.17, 15) is 9.18 Å². The largest absolute Gasteiger partial charge is 0.465 e. The van der Waals surface area contributed by atoms with Gasteiger partial charge in [-0.1, -0.05) is 6.92 Å². The van der Waals surface area contributed by atoms with Crippen molar-refractivity contribution in [1.82, 2.24) is 0 Å². The van der Waals surface area contributed by atoms with Gasteiger partial charge < -0.3 is 15.0 Å². The number of fused-ring (bicyclic) bond motifs is 1. The van der Waals surface area contributed by atoms with Crippen LogP contribution in [0.25, 0.3) is 0 Å². The molecule has 3 rings (SSSR count). The number of anilines is 2. The van der Waals surface area contributed by atoms with Gasteiger partial charge in [0.15, 0.2) is 5.11 Å². The molecule has 1 atom stereocenters. The van der Waals surface area contributed by atoms with Gasteiger partial charge in [-0.3, -0.25) is 0 Å². The zero-order valence-corrected chi connectivity index (χ0v) is 17.5. The third-order valence-corrected chi connectivity index (χ3v) is 6.33. The number of ether oxygens (including phenoxy) is 1. The van der Waals surface area contributed by atoms with Gasteiger partial charge in [0.05, 0.1) is 12.7 Å². The lowest BCUT2D eigenvalue weighted by Gasteiger charge is -2.37. The summed E-state index contributed by atoms with van der Waals surface area (Å²) in [5.74, 6) is -0.604. The number of hydrogen-bond acceptors (Lipinski definition) is 4. The maximum atomic E-state index is 13.6. The van der Waals surface area contributed by atoms with E-state index in [1.807, 2.05) is 18.7 Å². The molecule has 0 fully saturated rings. The fourth-order valence-electron chi connectivity index (χ4n) is 3.60. The van der Waals surface area contributed by atoms with E-state index >= 15 is 0 Å². The van der Waals surface area contributed by atoms with Crippen LogP contribution >= 0.6 is 23.6 Å². The molecule has 1 aliphatic rings. The van der Waals surface area contributed by atoms with Crippen molar-refractivity contribution >= 4 is 45.3 Å². The normalized spacial score (nSPS) is 16.0. The highest BCUT2D eigenvalue weighted by atomic mass is 32.1. The zero-order chi connectivity index (χ0) is 19.7. The summed E-state index contributed by atoms with van der Waals surface area (Å²) >= 11 is 7.19. The molecule has 1 aliphatic heterocycles. The van der Waals surface area contributed by atoms with Crippen molar-refractivity contribution in [3.8, 4) is 0 Å². The maximum absolute atomic E-state index is 13.6. The Labute approximate surface area is 168 Å². The molecule has 0 amide bonds. The van der Waals surface area contributed by atoms with Gasteiger partial charge in [-0.2, -0.15) is 0 Å². The van der Waals surface area contributed by atoms with Crippen LogP contribution in [0.5, 0.6) is 0 Å². The first-order valence-electron chi connectivity index (χ1n) is 8.96. The number of benzene rings is 1. The number of halogens is 1. The molecule has 7 heteroatoms. The monoisotopic (exact) mass is 406 g/mol. The van der Waals surface area contributed by atoms with Crippen LogP contribution in [0.2, 0.25) is 0 Å². The third kappa shape index (κ3) is 3.71. The van der Waals surface area contributed by atoms with Crippen molar-refractivity contribution in [2.45, 2.75) is 46.1 Å². The molecule has 0 spiro atoms. The molecule has 0 saturated carbocycles. The predicted molar refractivity (Wildman–Crippen MR) is 113 cm³/mol. The second-order valence-electron chi connectivity index (χ2n) is 6.65. The number of thiocarbonyl (C=S) groups is 1. The number of esters is 1. The number of thiophene rings is 1. The van der Waals surface area contributed by atoms with Crippen LogP contribution in [-0.4, -0.2) is 24.2 Å². The van der Waals surface area contributed by atoms with Crippen molar-refractivity contribution in [2.24, 2.45) is 0 Å². The summed E-state index contributed by atoms with van der Waals surface area (Å²) in [7, 11) is 1.38. The Morgan fingerprint density at radius 3 is 2.89 bits per heavy atom. The topological polar surface area (TPSA) is 41.6 Å². The summed E-state index contributed by atoms with van der Waals surface area (Å²) in [6.07, 6.45) is 2.44. The average molecular weight is 407 g/mol. The number of carbonyl (C=O) groups excluding carboxylic acids is 1. The minimum absolute atomic E-state index is 0.177. The van der Waals surface area contributed by atoms with Gasteiger partial charge in [0.2, 0.25) is 0 Å². The van der Waals surface area contributed by atoms with Crippen molar-refractivity contribution in [2.75, 3.05) is 17.3 Å². The lowest BCUT2D eigenvalue weighted by Crippen LogP contribution is -2.44. The van der Waals surface area contributed by atoms with E-state index in [0.717, 1.165) is 41.0 Å². The van der Waals surface area contributed by atoms with Crippen molar-refractivity contribution in [3.63, 3.8) is 0 Å². The van der Waals surface area contributed by atoms with Gasteiger partial charge in [-0.05, 0) is 74.7 Å². The molecule has 2 aromatic rings. The molecule has 144 valence electrons. The van der Waals surface area contributed by atoms with Crippen LogP contribution in [-0.2, 0) is 17.6 Å². The highest BCUT2D eigenvalue weighted by Crippen LogP contribution is 2.36. The number of carbonyl (C=O) groups is 1. The molecule has 4 nitrogen and oxygen atoms in total. The molecule has 0 unspecified atom stereocenters. The maximum Gasteiger partial charge on any atom is 0.341 e. The van der Waals surface area contributed by atoms with E-state index in [-0.39, 0.29) is 17.8 Å². The minimum Gasteiger partial charge on any atom is -0.465 e. The molecule has 0 aliphatic carbocycles. The van der Waals surface area contributed by atoms with Crippen molar-refractivity contribution in [1.29, 1.82) is 0 Å². The van der Waals surface area contributed by atoms with Crippen LogP contribution in [0.4, 0.5) is 15.1 Å². The van der Waals surface area contributed by atoms with Gasteiger partial charge >= 0.3 is 5.97 Å². The highest BCUT2D eigenvalue weighted by Gasteiger charge is 2.29. The number of aryl methyl sites for hydroxylation is 2. The molecule has 27 heavy (non-hydrogen) atoms. The third-order valence-electron chi connectivity index (χ3n) is 4.96. The lowest BCUT2D eigenvalue weighted by molar-refractivity contribution is 0.0601. The van der Waals surface area contributed by atoms with Gasteiger partial charge in [0, 0.05) is 16.6 Å². The SMILES string of the molecule is CCc1c(C)sc(NC(=S)N2c3ccc(F)cc3CC[C@@H]2C)c1C(=O)OC. The Bertz CT molecular complexity index is 894. The first-order chi connectivity index (χ1) is 12.9. The Balaban J connectivity index is 1.96. The molecule has 0 saturated heterocycles. The van der Waals surface area contributed by atoms with Gasteiger partial charge in [0.25, 0.3) is 0 Å². The van der Waals surface area contributed by atoms with E-state index in [4.69, 9.17) is 17.0 Å². The zero-order valence-electron chi connectivity index (χ0n) is 15.9. The molecule has 1 N–H and O–H groups in total. The van der Waals surface area contributed by atoms with Gasteiger partial charge in [0.1, 0.15) is 10.8 Å². The molecular weight excluding hydrogens is 383 g/mol. The van der Waals surface area contributed by atoms with Crippen LogP contribution in [0.1, 0.15) is 46.6 Å². The Kier molecular flexibility index (Phi) is 5.81. The molecule has 0 bridgehead atoms. The van der Waals surface area contributed by atoms with E-state index in [1.54, 1.807) is 12.1 Å². The lowest BCUT2D eigenvalue weighted by atomic mass is 9.97. The first kappa shape index (κ1) is 19.8. The Morgan fingerprint density at radius 1 is 1.48 bits per heavy atom. The highest BCUT2D eigenvalue weighted by molar-refractivity contribution is 7.80. The van der Waals surface area contributed by atoms with Crippen molar-refractivity contribution < 1.29 is 13.9 Å². The Hall–Kier alpha value is -1.99. The molecule has 2 heterocycles. The van der Waals surface area contributed by atoms with Crippen LogP contribution < -0.4 is 10.2 Å². The summed E-state index contributed by atoms with van der Waals surface area (Å²) in [5, 5.41) is 4.46. The fourth-order valence-corrected chi connectivity index (χ4v) is 5.17. The summed E-state index contributed by atoms with van der Waals surface area (Å²) in [4.78, 5) is 15.4. The summed E-state index contributed by atoms with van der Waals surface area (Å²) < 4.78 is 18.6. The van der Waals surface area contributed by atoms with Crippen LogP contribution in [0.15, 0.2) is 18.2 Å². The number of hydrogen-bond donors (Lipinski definition) is 1. The van der Waals surface area contributed by atoms with Crippen molar-refractivity contribution in [3.05, 3.63) is 45.6 Å². The number of rotatable bonds is 3. The standard InChI is InChI=1S/C20H23FN2O2S2/c1-5-15-12(3)27-18(17(15)19(24)25-4)22-20(26)23-11(2)6-7-13-10-14(21)8-9-16(13)23/h8-11H,5-7H2,1-4H3,(H,22,26)/t11-/m0/s1. The van der Waals surface area contributed by atoms with Crippen LogP contribution in [0.3, 0.4) is 0 Å². The van der Waals surface area contributed by atoms with Gasteiger partial charge in [-0.15, -0.1) is 11.3 Å². The average Bonchev–Trinajstić information content (AvgIpc) is 2.95. The molecule has 1 aromatic heterocycles.